The number of nitrogens with one attached hydrogen (secondary N) is 1. The molecule has 1 aliphatic carbocycles. The largest absolute Gasteiger partial charge is 0.481 e. The van der Waals surface area contributed by atoms with Gasteiger partial charge in [0.15, 0.2) is 0 Å². The van der Waals surface area contributed by atoms with Gasteiger partial charge >= 0.3 is 5.97 Å². The zero-order valence-corrected chi connectivity index (χ0v) is 13.1. The molecule has 2 aromatic rings. The molecule has 1 amide bonds. The Morgan fingerprint density at radius 2 is 1.83 bits per heavy atom. The monoisotopic (exact) mass is 332 g/mol. The number of carbonyl (C=O) groups is 2. The number of carboxylic acids is 1. The molecule has 0 unspecified atom stereocenters. The van der Waals surface area contributed by atoms with E-state index in [1.807, 2.05) is 12.1 Å². The Hall–Kier alpha value is -2.35. The molecule has 2 aromatic heterocycles. The van der Waals surface area contributed by atoms with Crippen LogP contribution >= 0.6 is 11.3 Å². The molecular weight excluding hydrogens is 316 g/mol. The number of hydrogen-bond donors (Lipinski definition) is 2. The summed E-state index contributed by atoms with van der Waals surface area (Å²) in [6, 6.07) is 3.63. The number of pyridine rings is 1. The Morgan fingerprint density at radius 3 is 2.52 bits per heavy atom. The Labute approximate surface area is 136 Å². The van der Waals surface area contributed by atoms with Gasteiger partial charge in [-0.05, 0) is 25.0 Å². The van der Waals surface area contributed by atoms with Crippen LogP contribution in [-0.4, -0.2) is 32.2 Å². The second kappa shape index (κ2) is 6.82. The molecule has 2 atom stereocenters. The number of amides is 1. The van der Waals surface area contributed by atoms with E-state index < -0.39 is 17.8 Å². The predicted octanol–water partition coefficient (Wildman–Crippen LogP) is 2.43. The van der Waals surface area contributed by atoms with Gasteiger partial charge in [-0.15, -0.1) is 10.2 Å². The molecule has 23 heavy (non-hydrogen) atoms. The lowest BCUT2D eigenvalue weighted by molar-refractivity contribution is -0.147. The zero-order chi connectivity index (χ0) is 16.2. The molecular formula is C15H16N4O3S. The van der Waals surface area contributed by atoms with E-state index in [9.17, 15) is 14.7 Å². The topological polar surface area (TPSA) is 105 Å². The Bertz CT molecular complexity index is 704. The van der Waals surface area contributed by atoms with E-state index in [4.69, 9.17) is 0 Å². The van der Waals surface area contributed by atoms with Crippen molar-refractivity contribution < 1.29 is 14.7 Å². The maximum absolute atomic E-state index is 12.4. The lowest BCUT2D eigenvalue weighted by atomic mass is 9.79. The molecule has 0 saturated heterocycles. The Morgan fingerprint density at radius 1 is 1.13 bits per heavy atom. The SMILES string of the molecule is O=C(Nc1nnc(-c2ccncc2)s1)[C@H]1CCCC[C@H]1C(=O)O. The van der Waals surface area contributed by atoms with Gasteiger partial charge in [0.05, 0.1) is 11.8 Å². The van der Waals surface area contributed by atoms with Crippen LogP contribution in [0.3, 0.4) is 0 Å². The van der Waals surface area contributed by atoms with Crippen LogP contribution in [0.1, 0.15) is 25.7 Å². The molecule has 3 rings (SSSR count). The van der Waals surface area contributed by atoms with Gasteiger partial charge in [0.25, 0.3) is 0 Å². The van der Waals surface area contributed by atoms with Gasteiger partial charge in [0.2, 0.25) is 11.0 Å². The minimum absolute atomic E-state index is 0.283. The van der Waals surface area contributed by atoms with E-state index >= 15 is 0 Å². The normalized spacial score (nSPS) is 20.9. The average Bonchev–Trinajstić information content (AvgIpc) is 3.04. The van der Waals surface area contributed by atoms with Gasteiger partial charge in [-0.2, -0.15) is 0 Å². The summed E-state index contributed by atoms with van der Waals surface area (Å²) in [4.78, 5) is 27.6. The van der Waals surface area contributed by atoms with E-state index in [0.29, 0.717) is 23.0 Å². The number of carboxylic acid groups (broad SMARTS) is 1. The van der Waals surface area contributed by atoms with Crippen LogP contribution < -0.4 is 5.32 Å². The molecule has 120 valence electrons. The zero-order valence-electron chi connectivity index (χ0n) is 12.3. The molecule has 1 saturated carbocycles. The lowest BCUT2D eigenvalue weighted by Crippen LogP contribution is -2.36. The van der Waals surface area contributed by atoms with Crippen molar-refractivity contribution in [2.75, 3.05) is 5.32 Å². The summed E-state index contributed by atoms with van der Waals surface area (Å²) in [6.45, 7) is 0. The summed E-state index contributed by atoms with van der Waals surface area (Å²) >= 11 is 1.26. The van der Waals surface area contributed by atoms with E-state index in [2.05, 4.69) is 20.5 Å². The van der Waals surface area contributed by atoms with Crippen LogP contribution in [0.5, 0.6) is 0 Å². The second-order valence-electron chi connectivity index (χ2n) is 5.47. The van der Waals surface area contributed by atoms with E-state index in [1.54, 1.807) is 12.4 Å². The van der Waals surface area contributed by atoms with Gasteiger partial charge in [-0.25, -0.2) is 0 Å². The van der Waals surface area contributed by atoms with Gasteiger partial charge in [0.1, 0.15) is 5.01 Å². The van der Waals surface area contributed by atoms with Crippen molar-refractivity contribution >= 4 is 28.3 Å². The highest BCUT2D eigenvalue weighted by atomic mass is 32.1. The number of hydrogen-bond acceptors (Lipinski definition) is 6. The van der Waals surface area contributed by atoms with Crippen molar-refractivity contribution in [2.45, 2.75) is 25.7 Å². The third kappa shape index (κ3) is 3.53. The summed E-state index contributed by atoms with van der Waals surface area (Å²) in [5.74, 6) is -2.31. The van der Waals surface area contributed by atoms with Crippen molar-refractivity contribution in [3.05, 3.63) is 24.5 Å². The van der Waals surface area contributed by atoms with Crippen molar-refractivity contribution in [2.24, 2.45) is 11.8 Å². The lowest BCUT2D eigenvalue weighted by Gasteiger charge is -2.26. The first-order chi connectivity index (χ1) is 11.1. The quantitative estimate of drug-likeness (QED) is 0.891. The van der Waals surface area contributed by atoms with Crippen molar-refractivity contribution in [1.29, 1.82) is 0 Å². The first-order valence-corrected chi connectivity index (χ1v) is 8.24. The Balaban J connectivity index is 1.70. The first kappa shape index (κ1) is 15.5. The van der Waals surface area contributed by atoms with Crippen molar-refractivity contribution in [3.8, 4) is 10.6 Å². The molecule has 8 heteroatoms. The van der Waals surface area contributed by atoms with Gasteiger partial charge in [-0.1, -0.05) is 24.2 Å². The number of nitrogens with zero attached hydrogens (tertiary/aromatic N) is 3. The molecule has 0 aromatic carbocycles. The van der Waals surface area contributed by atoms with Crippen molar-refractivity contribution in [1.82, 2.24) is 15.2 Å². The standard InChI is InChI=1S/C15H16N4O3S/c20-12(10-3-1-2-4-11(10)14(21)22)17-15-19-18-13(23-15)9-5-7-16-8-6-9/h5-8,10-11H,1-4H2,(H,21,22)(H,17,19,20)/t10-,11+/m0/s1. The van der Waals surface area contributed by atoms with E-state index in [-0.39, 0.29) is 5.91 Å². The van der Waals surface area contributed by atoms with E-state index in [1.165, 1.54) is 11.3 Å². The van der Waals surface area contributed by atoms with Gasteiger partial charge in [-0.3, -0.25) is 14.6 Å². The summed E-state index contributed by atoms with van der Waals surface area (Å²) < 4.78 is 0. The highest BCUT2D eigenvalue weighted by Gasteiger charge is 2.36. The fourth-order valence-corrected chi connectivity index (χ4v) is 3.58. The van der Waals surface area contributed by atoms with Crippen LogP contribution in [0.15, 0.2) is 24.5 Å². The Kier molecular flexibility index (Phi) is 4.61. The third-order valence-electron chi connectivity index (χ3n) is 4.00. The predicted molar refractivity (Wildman–Crippen MR) is 84.9 cm³/mol. The summed E-state index contributed by atoms with van der Waals surface area (Å²) in [6.07, 6.45) is 6.19. The molecule has 0 aliphatic heterocycles. The minimum atomic E-state index is -0.903. The highest BCUT2D eigenvalue weighted by molar-refractivity contribution is 7.18. The maximum atomic E-state index is 12.4. The number of rotatable bonds is 4. The number of carbonyl (C=O) groups excluding carboxylic acids is 1. The highest BCUT2D eigenvalue weighted by Crippen LogP contribution is 2.32. The van der Waals surface area contributed by atoms with Crippen LogP contribution in [-0.2, 0) is 9.59 Å². The first-order valence-electron chi connectivity index (χ1n) is 7.42. The molecule has 1 fully saturated rings. The average molecular weight is 332 g/mol. The smallest absolute Gasteiger partial charge is 0.307 e. The second-order valence-corrected chi connectivity index (χ2v) is 6.45. The van der Waals surface area contributed by atoms with Crippen LogP contribution in [0.4, 0.5) is 5.13 Å². The van der Waals surface area contributed by atoms with E-state index in [0.717, 1.165) is 18.4 Å². The fraction of sp³-hybridized carbons (Fsp3) is 0.400. The molecule has 2 heterocycles. The molecule has 7 nitrogen and oxygen atoms in total. The fourth-order valence-electron chi connectivity index (χ4n) is 2.82. The van der Waals surface area contributed by atoms with Gasteiger partial charge < -0.3 is 10.4 Å². The minimum Gasteiger partial charge on any atom is -0.481 e. The number of aliphatic carboxylic acids is 1. The third-order valence-corrected chi connectivity index (χ3v) is 4.89. The van der Waals surface area contributed by atoms with Crippen LogP contribution in [0.2, 0.25) is 0 Å². The molecule has 0 radical (unpaired) electrons. The molecule has 0 spiro atoms. The number of anilines is 1. The summed E-state index contributed by atoms with van der Waals surface area (Å²) in [5, 5.41) is 21.1. The molecule has 2 N–H and O–H groups in total. The van der Waals surface area contributed by atoms with Gasteiger partial charge in [0, 0.05) is 18.0 Å². The molecule has 1 aliphatic rings. The number of aromatic nitrogens is 3. The summed E-state index contributed by atoms with van der Waals surface area (Å²) in [7, 11) is 0. The molecule has 0 bridgehead atoms. The van der Waals surface area contributed by atoms with Crippen molar-refractivity contribution in [3.63, 3.8) is 0 Å². The van der Waals surface area contributed by atoms with Crippen LogP contribution in [0.25, 0.3) is 10.6 Å². The van der Waals surface area contributed by atoms with Crippen LogP contribution in [0, 0.1) is 11.8 Å². The summed E-state index contributed by atoms with van der Waals surface area (Å²) in [5.41, 5.74) is 0.874. The maximum Gasteiger partial charge on any atom is 0.307 e.